The molecule has 2 N–H and O–H groups in total. The van der Waals surface area contributed by atoms with Crippen LogP contribution < -0.4 is 5.73 Å². The molecule has 0 radical (unpaired) electrons. The highest BCUT2D eigenvalue weighted by Crippen LogP contribution is 2.23. The van der Waals surface area contributed by atoms with Crippen molar-refractivity contribution in [3.8, 4) is 0 Å². The number of nitrogens with zero attached hydrogens (tertiary/aromatic N) is 2. The van der Waals surface area contributed by atoms with E-state index in [0.29, 0.717) is 17.7 Å². The van der Waals surface area contributed by atoms with Gasteiger partial charge in [-0.1, -0.05) is 13.8 Å². The Hall–Kier alpha value is -1.16. The van der Waals surface area contributed by atoms with Gasteiger partial charge in [0.1, 0.15) is 11.6 Å². The van der Waals surface area contributed by atoms with Crippen LogP contribution in [0.2, 0.25) is 0 Å². The third-order valence-corrected chi connectivity index (χ3v) is 2.96. The van der Waals surface area contributed by atoms with Gasteiger partial charge in [0.05, 0.1) is 6.61 Å². The van der Waals surface area contributed by atoms with Crippen molar-refractivity contribution >= 4 is 5.82 Å². The first-order valence-electron chi connectivity index (χ1n) is 6.36. The van der Waals surface area contributed by atoms with Crippen LogP contribution in [0.4, 0.5) is 5.82 Å². The van der Waals surface area contributed by atoms with Crippen LogP contribution in [0.25, 0.3) is 0 Å². The highest BCUT2D eigenvalue weighted by Gasteiger charge is 2.19. The molecule has 4 heteroatoms. The molecule has 2 heterocycles. The summed E-state index contributed by atoms with van der Waals surface area (Å²) in [6, 6.07) is 1.88. The van der Waals surface area contributed by atoms with Crippen LogP contribution in [0.15, 0.2) is 6.07 Å². The first-order valence-corrected chi connectivity index (χ1v) is 6.36. The molecule has 1 fully saturated rings. The zero-order valence-corrected chi connectivity index (χ0v) is 10.6. The lowest BCUT2D eigenvalue weighted by Gasteiger charge is -2.21. The number of nitrogen functional groups attached to an aromatic ring is 1. The lowest BCUT2D eigenvalue weighted by atomic mass is 10.0. The van der Waals surface area contributed by atoms with Gasteiger partial charge >= 0.3 is 0 Å². The van der Waals surface area contributed by atoms with Crippen molar-refractivity contribution < 1.29 is 4.74 Å². The Kier molecular flexibility index (Phi) is 3.94. The monoisotopic (exact) mass is 235 g/mol. The van der Waals surface area contributed by atoms with E-state index >= 15 is 0 Å². The maximum atomic E-state index is 5.85. The van der Waals surface area contributed by atoms with Crippen molar-refractivity contribution in [1.82, 2.24) is 9.97 Å². The number of aromatic nitrogens is 2. The molecule has 0 aliphatic carbocycles. The molecule has 0 bridgehead atoms. The lowest BCUT2D eigenvalue weighted by Crippen LogP contribution is -2.19. The van der Waals surface area contributed by atoms with Gasteiger partial charge in [0.2, 0.25) is 0 Å². The van der Waals surface area contributed by atoms with Crippen molar-refractivity contribution in [3.05, 3.63) is 17.6 Å². The molecule has 1 aromatic rings. The minimum Gasteiger partial charge on any atom is -0.384 e. The van der Waals surface area contributed by atoms with Crippen molar-refractivity contribution in [2.45, 2.75) is 39.0 Å². The van der Waals surface area contributed by atoms with E-state index in [4.69, 9.17) is 10.5 Å². The summed E-state index contributed by atoms with van der Waals surface area (Å²) in [5.74, 6) is 2.34. The first kappa shape index (κ1) is 12.3. The summed E-state index contributed by atoms with van der Waals surface area (Å²) in [5.41, 5.74) is 6.90. The molecule has 0 spiro atoms. The van der Waals surface area contributed by atoms with Crippen molar-refractivity contribution in [1.29, 1.82) is 0 Å². The fourth-order valence-electron chi connectivity index (χ4n) is 2.19. The lowest BCUT2D eigenvalue weighted by molar-refractivity contribution is 0.0780. The Morgan fingerprint density at radius 2 is 2.29 bits per heavy atom. The minimum absolute atomic E-state index is 0.318. The van der Waals surface area contributed by atoms with Crippen LogP contribution >= 0.6 is 0 Å². The normalized spacial score (nSPS) is 20.8. The van der Waals surface area contributed by atoms with E-state index in [-0.39, 0.29) is 0 Å². The second kappa shape index (κ2) is 5.45. The molecule has 0 aromatic carbocycles. The van der Waals surface area contributed by atoms with E-state index < -0.39 is 0 Å². The Morgan fingerprint density at radius 3 is 2.94 bits per heavy atom. The quantitative estimate of drug-likeness (QED) is 0.872. The Labute approximate surface area is 103 Å². The summed E-state index contributed by atoms with van der Waals surface area (Å²) in [6.45, 7) is 5.95. The average molecular weight is 235 g/mol. The van der Waals surface area contributed by atoms with Crippen LogP contribution in [-0.2, 0) is 11.2 Å². The SMILES string of the molecule is CC(C)Cc1cc(N)nc(C2CCCOC2)n1. The summed E-state index contributed by atoms with van der Waals surface area (Å²) in [6.07, 6.45) is 3.14. The summed E-state index contributed by atoms with van der Waals surface area (Å²) in [4.78, 5) is 8.98. The van der Waals surface area contributed by atoms with E-state index in [9.17, 15) is 0 Å². The Balaban J connectivity index is 2.18. The minimum atomic E-state index is 0.318. The molecule has 1 aromatic heterocycles. The van der Waals surface area contributed by atoms with E-state index in [0.717, 1.165) is 44.0 Å². The standard InChI is InChI=1S/C13H21N3O/c1-9(2)6-11-7-12(14)16-13(15-11)10-4-3-5-17-8-10/h7,9-10H,3-6,8H2,1-2H3,(H2,14,15,16). The third kappa shape index (κ3) is 3.40. The van der Waals surface area contributed by atoms with Crippen LogP contribution in [0.3, 0.4) is 0 Å². The summed E-state index contributed by atoms with van der Waals surface area (Å²) in [5, 5.41) is 0. The van der Waals surface area contributed by atoms with Gasteiger partial charge in [0, 0.05) is 24.3 Å². The van der Waals surface area contributed by atoms with E-state index in [1.165, 1.54) is 0 Å². The summed E-state index contributed by atoms with van der Waals surface area (Å²) in [7, 11) is 0. The van der Waals surface area contributed by atoms with Gasteiger partial charge in [-0.3, -0.25) is 0 Å². The molecule has 0 saturated carbocycles. The number of ether oxygens (including phenoxy) is 1. The number of hydrogen-bond donors (Lipinski definition) is 1. The zero-order chi connectivity index (χ0) is 12.3. The van der Waals surface area contributed by atoms with Crippen LogP contribution in [0.1, 0.15) is 44.1 Å². The molecule has 2 rings (SSSR count). The predicted octanol–water partition coefficient (Wildman–Crippen LogP) is 2.15. The average Bonchev–Trinajstić information content (AvgIpc) is 2.28. The van der Waals surface area contributed by atoms with E-state index in [1.54, 1.807) is 0 Å². The van der Waals surface area contributed by atoms with Crippen LogP contribution in [0.5, 0.6) is 0 Å². The molecule has 1 atom stereocenters. The molecule has 1 unspecified atom stereocenters. The maximum absolute atomic E-state index is 5.85. The number of rotatable bonds is 3. The largest absolute Gasteiger partial charge is 0.384 e. The smallest absolute Gasteiger partial charge is 0.136 e. The fraction of sp³-hybridized carbons (Fsp3) is 0.692. The molecule has 1 saturated heterocycles. The van der Waals surface area contributed by atoms with Gasteiger partial charge in [-0.15, -0.1) is 0 Å². The molecule has 0 amide bonds. The number of hydrogen-bond acceptors (Lipinski definition) is 4. The van der Waals surface area contributed by atoms with Gasteiger partial charge in [0.15, 0.2) is 0 Å². The van der Waals surface area contributed by atoms with Gasteiger partial charge in [0.25, 0.3) is 0 Å². The summed E-state index contributed by atoms with van der Waals surface area (Å²) >= 11 is 0. The molecule has 17 heavy (non-hydrogen) atoms. The molecule has 94 valence electrons. The molecular weight excluding hydrogens is 214 g/mol. The van der Waals surface area contributed by atoms with Crippen molar-refractivity contribution in [2.75, 3.05) is 18.9 Å². The second-order valence-electron chi connectivity index (χ2n) is 5.15. The van der Waals surface area contributed by atoms with E-state index in [2.05, 4.69) is 23.8 Å². The highest BCUT2D eigenvalue weighted by molar-refractivity contribution is 5.30. The van der Waals surface area contributed by atoms with Crippen molar-refractivity contribution in [2.24, 2.45) is 5.92 Å². The number of nitrogens with two attached hydrogens (primary N) is 1. The molecule has 1 aliphatic heterocycles. The fourth-order valence-corrected chi connectivity index (χ4v) is 2.19. The molecule has 1 aliphatic rings. The van der Waals surface area contributed by atoms with Crippen LogP contribution in [-0.4, -0.2) is 23.2 Å². The Morgan fingerprint density at radius 1 is 1.47 bits per heavy atom. The second-order valence-corrected chi connectivity index (χ2v) is 5.15. The maximum Gasteiger partial charge on any atom is 0.136 e. The van der Waals surface area contributed by atoms with Gasteiger partial charge in [-0.25, -0.2) is 9.97 Å². The Bertz CT molecular complexity index is 373. The first-order chi connectivity index (χ1) is 8.15. The van der Waals surface area contributed by atoms with Crippen molar-refractivity contribution in [3.63, 3.8) is 0 Å². The zero-order valence-electron chi connectivity index (χ0n) is 10.6. The van der Waals surface area contributed by atoms with E-state index in [1.807, 2.05) is 6.07 Å². The van der Waals surface area contributed by atoms with Crippen LogP contribution in [0, 0.1) is 5.92 Å². The summed E-state index contributed by atoms with van der Waals surface area (Å²) < 4.78 is 5.48. The van der Waals surface area contributed by atoms with Gasteiger partial charge in [-0.05, 0) is 25.2 Å². The molecular formula is C13H21N3O. The topological polar surface area (TPSA) is 61.0 Å². The number of anilines is 1. The predicted molar refractivity (Wildman–Crippen MR) is 67.8 cm³/mol. The van der Waals surface area contributed by atoms with Gasteiger partial charge in [-0.2, -0.15) is 0 Å². The highest BCUT2D eigenvalue weighted by atomic mass is 16.5. The molecule has 4 nitrogen and oxygen atoms in total. The van der Waals surface area contributed by atoms with Gasteiger partial charge < -0.3 is 10.5 Å². The third-order valence-electron chi connectivity index (χ3n) is 2.96.